The van der Waals surface area contributed by atoms with Crippen molar-refractivity contribution in [2.45, 2.75) is 251 Å². The molecule has 0 aliphatic heterocycles. The van der Waals surface area contributed by atoms with Crippen LogP contribution in [0.4, 0.5) is 0 Å². The third-order valence-electron chi connectivity index (χ3n) is 10.5. The van der Waals surface area contributed by atoms with Crippen LogP contribution in [0, 0.1) is 0 Å². The van der Waals surface area contributed by atoms with Gasteiger partial charge in [-0.25, -0.2) is 0 Å². The van der Waals surface area contributed by atoms with Crippen LogP contribution in [0.25, 0.3) is 0 Å². The Hall–Kier alpha value is -1.92. The van der Waals surface area contributed by atoms with Crippen LogP contribution >= 0.6 is 0 Å². The summed E-state index contributed by atoms with van der Waals surface area (Å²) in [5.74, 6) is -0.522. The molecule has 54 heavy (non-hydrogen) atoms. The maximum Gasteiger partial charge on any atom is 0.306 e. The Labute approximate surface area is 334 Å². The van der Waals surface area contributed by atoms with E-state index in [4.69, 9.17) is 4.74 Å². The second kappa shape index (κ2) is 42.2. The highest BCUT2D eigenvalue weighted by Crippen LogP contribution is 2.17. The van der Waals surface area contributed by atoms with Gasteiger partial charge >= 0.3 is 5.97 Å². The van der Waals surface area contributed by atoms with Gasteiger partial charge in [-0.1, -0.05) is 186 Å². The van der Waals surface area contributed by atoms with E-state index in [2.05, 4.69) is 62.5 Å². The van der Waals surface area contributed by atoms with Gasteiger partial charge < -0.3 is 20.3 Å². The van der Waals surface area contributed by atoms with E-state index in [1.807, 2.05) is 0 Å². The number of rotatable bonds is 41. The normalized spacial score (nSPS) is 13.6. The number of ether oxygens (including phenoxy) is 1. The lowest BCUT2D eigenvalue weighted by atomic mass is 10.0. The van der Waals surface area contributed by atoms with Crippen LogP contribution in [0.15, 0.2) is 36.5 Å². The summed E-state index contributed by atoms with van der Waals surface area (Å²) >= 11 is 0. The molecule has 0 rings (SSSR count). The van der Waals surface area contributed by atoms with Crippen molar-refractivity contribution in [1.29, 1.82) is 0 Å². The zero-order valence-electron chi connectivity index (χ0n) is 35.9. The number of nitrogens with one attached hydrogen (secondary N) is 1. The molecule has 6 heteroatoms. The van der Waals surface area contributed by atoms with Gasteiger partial charge in [-0.3, -0.25) is 9.59 Å². The van der Waals surface area contributed by atoms with E-state index in [9.17, 15) is 19.8 Å². The fourth-order valence-electron chi connectivity index (χ4n) is 6.87. The van der Waals surface area contributed by atoms with Crippen molar-refractivity contribution in [3.8, 4) is 0 Å². The highest BCUT2D eigenvalue weighted by Gasteiger charge is 2.24. The largest absolute Gasteiger partial charge is 0.462 e. The molecule has 0 bridgehead atoms. The summed E-state index contributed by atoms with van der Waals surface area (Å²) in [4.78, 5) is 25.9. The molecule has 0 aliphatic carbocycles. The first-order valence-corrected chi connectivity index (χ1v) is 23.2. The molecule has 3 N–H and O–H groups in total. The first kappa shape index (κ1) is 52.1. The topological polar surface area (TPSA) is 95.9 Å². The van der Waals surface area contributed by atoms with Gasteiger partial charge in [-0.15, -0.1) is 0 Å². The minimum absolute atomic E-state index is 0.0570. The summed E-state index contributed by atoms with van der Waals surface area (Å²) in [6.45, 7) is 6.40. The number of esters is 1. The van der Waals surface area contributed by atoms with Gasteiger partial charge in [-0.05, 0) is 70.6 Å². The maximum atomic E-state index is 13.1. The molecule has 0 aromatic rings. The Morgan fingerprint density at radius 3 is 1.50 bits per heavy atom. The summed E-state index contributed by atoms with van der Waals surface area (Å²) in [6, 6.07) is -0.707. The molecule has 6 nitrogen and oxygen atoms in total. The van der Waals surface area contributed by atoms with Crippen molar-refractivity contribution in [3.05, 3.63) is 36.5 Å². The molecule has 0 saturated carbocycles. The van der Waals surface area contributed by atoms with Crippen molar-refractivity contribution in [2.24, 2.45) is 0 Å². The predicted molar refractivity (Wildman–Crippen MR) is 232 cm³/mol. The van der Waals surface area contributed by atoms with Crippen LogP contribution in [0.1, 0.15) is 233 Å². The second-order valence-electron chi connectivity index (χ2n) is 15.8. The number of hydrogen-bond acceptors (Lipinski definition) is 5. The van der Waals surface area contributed by atoms with Crippen LogP contribution in [-0.2, 0) is 14.3 Å². The van der Waals surface area contributed by atoms with Crippen molar-refractivity contribution in [1.82, 2.24) is 5.32 Å². The number of unbranched alkanes of at least 4 members (excludes halogenated alkanes) is 24. The molecule has 0 fully saturated rings. The van der Waals surface area contributed by atoms with Crippen LogP contribution in [0.3, 0.4) is 0 Å². The summed E-state index contributed by atoms with van der Waals surface area (Å²) < 4.78 is 5.87. The second-order valence-corrected chi connectivity index (χ2v) is 15.8. The van der Waals surface area contributed by atoms with E-state index >= 15 is 0 Å². The third-order valence-corrected chi connectivity index (χ3v) is 10.5. The molecule has 0 aromatic heterocycles. The number of carbonyl (C=O) groups is 2. The average Bonchev–Trinajstić information content (AvgIpc) is 3.16. The quantitative estimate of drug-likeness (QED) is 0.0250. The molecular weight excluding hydrogens is 671 g/mol. The number of aliphatic hydroxyl groups excluding tert-OH is 2. The first-order chi connectivity index (χ1) is 26.5. The molecule has 0 heterocycles. The number of carbonyl (C=O) groups excluding carboxylic acids is 2. The lowest BCUT2D eigenvalue weighted by molar-refractivity contribution is -0.151. The highest BCUT2D eigenvalue weighted by atomic mass is 16.5. The number of allylic oxidation sites excluding steroid dienone is 6. The third kappa shape index (κ3) is 37.0. The molecule has 3 atom stereocenters. The van der Waals surface area contributed by atoms with Gasteiger partial charge in [0.15, 0.2) is 0 Å². The minimum Gasteiger partial charge on any atom is -0.462 e. The van der Waals surface area contributed by atoms with Gasteiger partial charge in [0.05, 0.1) is 25.2 Å². The van der Waals surface area contributed by atoms with Crippen molar-refractivity contribution in [2.75, 3.05) is 6.61 Å². The molecule has 316 valence electrons. The highest BCUT2D eigenvalue weighted by molar-refractivity contribution is 5.77. The molecule has 1 amide bonds. The van der Waals surface area contributed by atoms with E-state index in [1.54, 1.807) is 0 Å². The van der Waals surface area contributed by atoms with E-state index in [0.717, 1.165) is 83.5 Å². The van der Waals surface area contributed by atoms with Crippen molar-refractivity contribution < 1.29 is 24.5 Å². The lowest BCUT2D eigenvalue weighted by Gasteiger charge is -2.24. The monoisotopic (exact) mass is 760 g/mol. The number of aliphatic hydroxyl groups is 2. The van der Waals surface area contributed by atoms with Crippen LogP contribution in [-0.4, -0.2) is 46.9 Å². The first-order valence-electron chi connectivity index (χ1n) is 23.2. The minimum atomic E-state index is -0.792. The molecule has 0 aromatic carbocycles. The molecule has 0 saturated heterocycles. The fourth-order valence-corrected chi connectivity index (χ4v) is 6.87. The van der Waals surface area contributed by atoms with E-state index in [-0.39, 0.29) is 24.9 Å². The average molecular weight is 760 g/mol. The van der Waals surface area contributed by atoms with Gasteiger partial charge in [0.25, 0.3) is 0 Å². The Morgan fingerprint density at radius 1 is 0.537 bits per heavy atom. The zero-order valence-corrected chi connectivity index (χ0v) is 35.9. The Bertz CT molecular complexity index is 900. The van der Waals surface area contributed by atoms with Gasteiger partial charge in [-0.2, -0.15) is 0 Å². The fraction of sp³-hybridized carbons (Fsp3) is 0.833. The van der Waals surface area contributed by atoms with Crippen LogP contribution in [0.5, 0.6) is 0 Å². The van der Waals surface area contributed by atoms with E-state index in [1.165, 1.54) is 103 Å². The maximum absolute atomic E-state index is 13.1. The Balaban J connectivity index is 4.56. The summed E-state index contributed by atoms with van der Waals surface area (Å²) in [7, 11) is 0. The smallest absolute Gasteiger partial charge is 0.306 e. The SMILES string of the molecule is CCCC/C=C\CCCCCC(CC(=O)NC(CO)C(O)CCCCCCCCCCCC)OC(=O)CCCCC/C=C/C=C/CCCCCCCCC. The van der Waals surface area contributed by atoms with Gasteiger partial charge in [0, 0.05) is 6.42 Å². The van der Waals surface area contributed by atoms with E-state index < -0.39 is 18.2 Å². The van der Waals surface area contributed by atoms with Gasteiger partial charge in [0.1, 0.15) is 6.10 Å². The predicted octanol–water partition coefficient (Wildman–Crippen LogP) is 13.3. The number of amides is 1. The van der Waals surface area contributed by atoms with E-state index in [0.29, 0.717) is 19.3 Å². The lowest BCUT2D eigenvalue weighted by Crippen LogP contribution is -2.46. The van der Waals surface area contributed by atoms with Gasteiger partial charge in [0.2, 0.25) is 5.91 Å². The molecular formula is C48H89NO5. The van der Waals surface area contributed by atoms with Crippen LogP contribution < -0.4 is 5.32 Å². The van der Waals surface area contributed by atoms with Crippen LogP contribution in [0.2, 0.25) is 0 Å². The Morgan fingerprint density at radius 2 is 0.963 bits per heavy atom. The molecule has 0 radical (unpaired) electrons. The zero-order chi connectivity index (χ0) is 39.6. The van der Waals surface area contributed by atoms with Crippen molar-refractivity contribution >= 4 is 11.9 Å². The number of hydrogen-bond donors (Lipinski definition) is 3. The standard InChI is InChI=1S/C48H89NO5/c1-4-7-10-13-16-19-21-22-23-24-25-26-29-32-35-38-41-48(53)54-44(39-36-33-30-27-18-15-12-9-6-3)42-47(52)49-45(43-50)46(51)40-37-34-31-28-20-17-14-11-8-5-2/h15,18,23-26,44-46,50-51H,4-14,16-17,19-22,27-43H2,1-3H3,(H,49,52)/b18-15-,24-23+,26-25+. The summed E-state index contributed by atoms with van der Waals surface area (Å²) in [6.07, 6.45) is 47.8. The molecule has 0 aliphatic rings. The summed E-state index contributed by atoms with van der Waals surface area (Å²) in [5.41, 5.74) is 0. The Kier molecular flexibility index (Phi) is 40.7. The molecule has 3 unspecified atom stereocenters. The summed E-state index contributed by atoms with van der Waals surface area (Å²) in [5, 5.41) is 23.6. The molecule has 0 spiro atoms. The van der Waals surface area contributed by atoms with Crippen molar-refractivity contribution in [3.63, 3.8) is 0 Å².